The Balaban J connectivity index is 1.18. The second-order valence-electron chi connectivity index (χ2n) is 7.81. The number of hydrogen-bond donors (Lipinski definition) is 0. The molecule has 31 heavy (non-hydrogen) atoms. The number of thiophene rings is 1. The number of nitrogens with zero attached hydrogens (tertiary/aromatic N) is 3. The Morgan fingerprint density at radius 2 is 1.87 bits per heavy atom. The largest absolute Gasteiger partial charge is 0.493 e. The monoisotopic (exact) mass is 455 g/mol. The molecule has 162 valence electrons. The second-order valence-corrected chi connectivity index (χ2v) is 9.53. The molecule has 5 nitrogen and oxygen atoms in total. The molecule has 0 bridgehead atoms. The van der Waals surface area contributed by atoms with E-state index in [9.17, 15) is 4.79 Å². The van der Waals surface area contributed by atoms with Crippen LogP contribution in [0.1, 0.15) is 19.8 Å². The van der Waals surface area contributed by atoms with E-state index in [-0.39, 0.29) is 6.03 Å². The number of carbonyl (C=O) groups is 1. The summed E-state index contributed by atoms with van der Waals surface area (Å²) in [7, 11) is 0. The number of anilines is 1. The zero-order chi connectivity index (χ0) is 21.6. The van der Waals surface area contributed by atoms with Crippen molar-refractivity contribution >= 4 is 34.7 Å². The van der Waals surface area contributed by atoms with Gasteiger partial charge in [-0.3, -0.25) is 9.88 Å². The number of benzene rings is 1. The van der Waals surface area contributed by atoms with E-state index in [1.807, 2.05) is 46.2 Å². The average molecular weight is 456 g/mol. The normalized spacial score (nSPS) is 14.8. The van der Waals surface area contributed by atoms with E-state index in [1.165, 1.54) is 0 Å². The molecule has 1 aliphatic heterocycles. The quantitative estimate of drug-likeness (QED) is 0.385. The first-order valence-electron chi connectivity index (χ1n) is 10.5. The minimum absolute atomic E-state index is 0.0854. The Morgan fingerprint density at radius 1 is 1.10 bits per heavy atom. The van der Waals surface area contributed by atoms with Crippen LogP contribution >= 0.6 is 22.9 Å². The predicted octanol–water partition coefficient (Wildman–Crippen LogP) is 6.20. The topological polar surface area (TPSA) is 45.7 Å². The van der Waals surface area contributed by atoms with Crippen LogP contribution in [0, 0.1) is 5.92 Å². The zero-order valence-electron chi connectivity index (χ0n) is 17.5. The number of urea groups is 1. The molecule has 0 aliphatic carbocycles. The lowest BCUT2D eigenvalue weighted by Crippen LogP contribution is -2.32. The highest BCUT2D eigenvalue weighted by atomic mass is 35.5. The van der Waals surface area contributed by atoms with E-state index in [2.05, 4.69) is 24.0 Å². The molecular weight excluding hydrogens is 430 g/mol. The number of ether oxygens (including phenoxy) is 1. The van der Waals surface area contributed by atoms with Crippen molar-refractivity contribution in [1.29, 1.82) is 0 Å². The fraction of sp³-hybridized carbons (Fsp3) is 0.333. The molecule has 2 aromatic heterocycles. The maximum absolute atomic E-state index is 12.6. The van der Waals surface area contributed by atoms with Crippen LogP contribution in [0.4, 0.5) is 10.5 Å². The lowest BCUT2D eigenvalue weighted by atomic mass is 10.1. The summed E-state index contributed by atoms with van der Waals surface area (Å²) in [6.07, 6.45) is 5.43. The molecule has 1 aromatic carbocycles. The number of carbonyl (C=O) groups excluding carboxylic acids is 1. The van der Waals surface area contributed by atoms with Gasteiger partial charge in [-0.25, -0.2) is 4.79 Å². The van der Waals surface area contributed by atoms with Gasteiger partial charge in [0.2, 0.25) is 0 Å². The molecule has 2 amide bonds. The van der Waals surface area contributed by atoms with Gasteiger partial charge in [0.25, 0.3) is 0 Å². The van der Waals surface area contributed by atoms with Crippen molar-refractivity contribution in [3.63, 3.8) is 0 Å². The predicted molar refractivity (Wildman–Crippen MR) is 127 cm³/mol. The highest BCUT2D eigenvalue weighted by molar-refractivity contribution is 7.19. The molecule has 3 heterocycles. The molecule has 0 spiro atoms. The first-order chi connectivity index (χ1) is 15.1. The Kier molecular flexibility index (Phi) is 7.10. The van der Waals surface area contributed by atoms with Crippen LogP contribution in [-0.2, 0) is 0 Å². The number of rotatable bonds is 9. The van der Waals surface area contributed by atoms with Crippen LogP contribution in [0.3, 0.4) is 0 Å². The van der Waals surface area contributed by atoms with E-state index in [0.717, 1.165) is 58.7 Å². The number of pyridine rings is 1. The highest BCUT2D eigenvalue weighted by Gasteiger charge is 2.28. The molecule has 1 unspecified atom stereocenters. The van der Waals surface area contributed by atoms with E-state index in [0.29, 0.717) is 12.5 Å². The Morgan fingerprint density at radius 3 is 2.58 bits per heavy atom. The molecule has 7 heteroatoms. The van der Waals surface area contributed by atoms with Crippen LogP contribution in [0.2, 0.25) is 4.34 Å². The van der Waals surface area contributed by atoms with Gasteiger partial charge in [-0.15, -0.1) is 11.3 Å². The maximum Gasteiger partial charge on any atom is 0.324 e. The molecule has 4 rings (SSSR count). The minimum Gasteiger partial charge on any atom is -0.493 e. The molecule has 3 aromatic rings. The van der Waals surface area contributed by atoms with E-state index >= 15 is 0 Å². The second kappa shape index (κ2) is 10.2. The van der Waals surface area contributed by atoms with Gasteiger partial charge in [0.1, 0.15) is 5.75 Å². The number of halogens is 1. The van der Waals surface area contributed by atoms with Gasteiger partial charge in [-0.1, -0.05) is 18.5 Å². The number of hydrogen-bond acceptors (Lipinski definition) is 4. The summed E-state index contributed by atoms with van der Waals surface area (Å²) < 4.78 is 6.76. The van der Waals surface area contributed by atoms with Gasteiger partial charge in [0.15, 0.2) is 0 Å². The summed E-state index contributed by atoms with van der Waals surface area (Å²) in [5.74, 6) is 1.30. The summed E-state index contributed by atoms with van der Waals surface area (Å²) in [6, 6.07) is 15.9. The Bertz CT molecular complexity index is 994. The van der Waals surface area contributed by atoms with Gasteiger partial charge in [0, 0.05) is 42.6 Å². The summed E-state index contributed by atoms with van der Waals surface area (Å²) >= 11 is 7.59. The van der Waals surface area contributed by atoms with Crippen LogP contribution in [0.5, 0.6) is 5.75 Å². The molecule has 0 N–H and O–H groups in total. The van der Waals surface area contributed by atoms with Crippen LogP contribution < -0.4 is 9.64 Å². The lowest BCUT2D eigenvalue weighted by Gasteiger charge is -2.19. The summed E-state index contributed by atoms with van der Waals surface area (Å²) in [4.78, 5) is 21.6. The average Bonchev–Trinajstić information content (AvgIpc) is 3.39. The highest BCUT2D eigenvalue weighted by Crippen LogP contribution is 2.32. The van der Waals surface area contributed by atoms with Crippen LogP contribution in [0.25, 0.3) is 10.4 Å². The number of aromatic nitrogens is 1. The Labute approximate surface area is 192 Å². The van der Waals surface area contributed by atoms with Gasteiger partial charge < -0.3 is 9.64 Å². The fourth-order valence-electron chi connectivity index (χ4n) is 3.69. The third-order valence-corrected chi connectivity index (χ3v) is 6.72. The molecular formula is C24H26ClN3O2S. The van der Waals surface area contributed by atoms with Crippen molar-refractivity contribution in [1.82, 2.24) is 9.88 Å². The zero-order valence-corrected chi connectivity index (χ0v) is 19.1. The smallest absolute Gasteiger partial charge is 0.324 e. The van der Waals surface area contributed by atoms with Crippen molar-refractivity contribution in [2.75, 3.05) is 31.1 Å². The minimum atomic E-state index is 0.0854. The summed E-state index contributed by atoms with van der Waals surface area (Å²) in [6.45, 7) is 5.14. The molecule has 0 radical (unpaired) electrons. The van der Waals surface area contributed by atoms with Gasteiger partial charge in [0.05, 0.1) is 10.9 Å². The van der Waals surface area contributed by atoms with Gasteiger partial charge in [-0.2, -0.15) is 0 Å². The summed E-state index contributed by atoms with van der Waals surface area (Å²) in [5.41, 5.74) is 2.06. The molecule has 1 fully saturated rings. The van der Waals surface area contributed by atoms with Crippen molar-refractivity contribution in [2.45, 2.75) is 19.8 Å². The SMILES string of the molecule is CC(CCCN1CCN(c2ccncc2)C1=O)COc1ccc(-c2ccc(Cl)s2)cc1. The first-order valence-corrected chi connectivity index (χ1v) is 11.7. The van der Waals surface area contributed by atoms with Crippen molar-refractivity contribution in [3.05, 3.63) is 65.3 Å². The van der Waals surface area contributed by atoms with Crippen LogP contribution in [0.15, 0.2) is 60.9 Å². The van der Waals surface area contributed by atoms with Crippen molar-refractivity contribution in [2.24, 2.45) is 5.92 Å². The van der Waals surface area contributed by atoms with E-state index < -0.39 is 0 Å². The van der Waals surface area contributed by atoms with Gasteiger partial charge in [-0.05, 0) is 72.9 Å². The van der Waals surface area contributed by atoms with Crippen molar-refractivity contribution in [3.8, 4) is 16.2 Å². The molecule has 1 aliphatic rings. The lowest BCUT2D eigenvalue weighted by molar-refractivity contribution is 0.214. The van der Waals surface area contributed by atoms with Crippen LogP contribution in [-0.4, -0.2) is 42.2 Å². The van der Waals surface area contributed by atoms with E-state index in [1.54, 1.807) is 23.7 Å². The van der Waals surface area contributed by atoms with E-state index in [4.69, 9.17) is 16.3 Å². The van der Waals surface area contributed by atoms with Crippen molar-refractivity contribution < 1.29 is 9.53 Å². The third-order valence-electron chi connectivity index (χ3n) is 5.44. The standard InChI is InChI=1S/C24H26ClN3O2S/c1-18(17-30-21-6-4-19(5-7-21)22-8-9-23(25)31-22)3-2-14-27-15-16-28(24(27)29)20-10-12-26-13-11-20/h4-13,18H,2-3,14-17H2,1H3. The number of amides is 2. The Hall–Kier alpha value is -2.57. The third kappa shape index (κ3) is 5.57. The maximum atomic E-state index is 12.6. The fourth-order valence-corrected chi connectivity index (χ4v) is 4.74. The first kappa shape index (κ1) is 21.7. The molecule has 1 saturated heterocycles. The summed E-state index contributed by atoms with van der Waals surface area (Å²) in [5, 5.41) is 0. The molecule has 0 saturated carbocycles. The molecule has 1 atom stereocenters. The van der Waals surface area contributed by atoms with Gasteiger partial charge >= 0.3 is 6.03 Å².